The van der Waals surface area contributed by atoms with E-state index in [1.807, 2.05) is 13.8 Å². The van der Waals surface area contributed by atoms with Gasteiger partial charge in [0.1, 0.15) is 11.6 Å². The van der Waals surface area contributed by atoms with Crippen LogP contribution in [0.4, 0.5) is 11.6 Å². The van der Waals surface area contributed by atoms with Crippen LogP contribution in [-0.4, -0.2) is 29.3 Å². The Hall–Kier alpha value is -0.710. The summed E-state index contributed by atoms with van der Waals surface area (Å²) in [5.41, 5.74) is 0. The molecule has 90 valence electrons. The highest BCUT2D eigenvalue weighted by molar-refractivity contribution is 6.37. The van der Waals surface area contributed by atoms with Crippen molar-refractivity contribution < 1.29 is 5.11 Å². The first-order valence-electron chi connectivity index (χ1n) is 5.05. The van der Waals surface area contributed by atoms with Crippen molar-refractivity contribution >= 4 is 34.8 Å². The molecular weight excluding hydrogens is 249 g/mol. The molecule has 0 bridgehead atoms. The molecule has 0 saturated carbocycles. The fourth-order valence-corrected chi connectivity index (χ4v) is 1.62. The Balaban J connectivity index is 2.95. The van der Waals surface area contributed by atoms with Gasteiger partial charge in [-0.3, -0.25) is 0 Å². The molecule has 4 nitrogen and oxygen atoms in total. The molecule has 1 aromatic rings. The summed E-state index contributed by atoms with van der Waals surface area (Å²) in [5, 5.41) is 15.9. The number of hydrogen-bond acceptors (Lipinski definition) is 4. The predicted molar refractivity (Wildman–Crippen MR) is 68.6 cm³/mol. The summed E-state index contributed by atoms with van der Waals surface area (Å²) in [6, 6.07) is 1.52. The number of rotatable bonds is 5. The third kappa shape index (κ3) is 3.40. The molecule has 1 unspecified atom stereocenters. The second-order valence-corrected chi connectivity index (χ2v) is 4.22. The Bertz CT molecular complexity index is 360. The smallest absolute Gasteiger partial charge is 0.147 e. The second kappa shape index (κ2) is 6.13. The Kier molecular flexibility index (Phi) is 5.12. The fraction of sp³-hybridized carbons (Fsp3) is 0.500. The van der Waals surface area contributed by atoms with Crippen LogP contribution in [0.2, 0.25) is 10.0 Å². The zero-order valence-corrected chi connectivity index (χ0v) is 10.7. The zero-order chi connectivity index (χ0) is 12.1. The molecule has 3 N–H and O–H groups in total. The van der Waals surface area contributed by atoms with Gasteiger partial charge < -0.3 is 15.7 Å². The molecule has 1 atom stereocenters. The SMILES string of the molecule is CCNc1nc(NC(C)CO)c(Cl)cc1Cl. The van der Waals surface area contributed by atoms with E-state index in [9.17, 15) is 0 Å². The van der Waals surface area contributed by atoms with Crippen molar-refractivity contribution in [3.8, 4) is 0 Å². The van der Waals surface area contributed by atoms with Gasteiger partial charge in [-0.25, -0.2) is 4.98 Å². The largest absolute Gasteiger partial charge is 0.394 e. The van der Waals surface area contributed by atoms with Crippen LogP contribution in [0.5, 0.6) is 0 Å². The standard InChI is InChI=1S/C10H15Cl2N3O/c1-3-13-9-7(11)4-8(12)10(15-9)14-6(2)5-16/h4,6,16H,3,5H2,1-2H3,(H2,13,14,15). The summed E-state index contributed by atoms with van der Waals surface area (Å²) in [5.74, 6) is 1.10. The number of hydrogen-bond donors (Lipinski definition) is 3. The highest BCUT2D eigenvalue weighted by Crippen LogP contribution is 2.29. The molecule has 1 aromatic heterocycles. The van der Waals surface area contributed by atoms with Gasteiger partial charge in [-0.15, -0.1) is 0 Å². The third-order valence-corrected chi connectivity index (χ3v) is 2.51. The molecule has 6 heteroatoms. The lowest BCUT2D eigenvalue weighted by Crippen LogP contribution is -2.20. The number of aromatic nitrogens is 1. The Morgan fingerprint density at radius 1 is 1.38 bits per heavy atom. The molecule has 0 amide bonds. The maximum absolute atomic E-state index is 8.94. The quantitative estimate of drug-likeness (QED) is 0.765. The number of aliphatic hydroxyl groups is 1. The van der Waals surface area contributed by atoms with Gasteiger partial charge in [-0.2, -0.15) is 0 Å². The van der Waals surface area contributed by atoms with E-state index in [0.717, 1.165) is 6.54 Å². The average molecular weight is 264 g/mol. The van der Waals surface area contributed by atoms with Gasteiger partial charge >= 0.3 is 0 Å². The number of nitrogens with one attached hydrogen (secondary N) is 2. The molecule has 0 radical (unpaired) electrons. The van der Waals surface area contributed by atoms with Gasteiger partial charge in [0.25, 0.3) is 0 Å². The molecular formula is C10H15Cl2N3O. The average Bonchev–Trinajstić information content (AvgIpc) is 2.25. The fourth-order valence-electron chi connectivity index (χ4n) is 1.14. The first kappa shape index (κ1) is 13.4. The Morgan fingerprint density at radius 2 is 2.00 bits per heavy atom. The van der Waals surface area contributed by atoms with Gasteiger partial charge in [-0.05, 0) is 19.9 Å². The molecule has 1 heterocycles. The van der Waals surface area contributed by atoms with Crippen molar-refractivity contribution in [2.24, 2.45) is 0 Å². The van der Waals surface area contributed by atoms with Gasteiger partial charge in [0.05, 0.1) is 16.7 Å². The third-order valence-electron chi connectivity index (χ3n) is 1.93. The van der Waals surface area contributed by atoms with E-state index >= 15 is 0 Å². The van der Waals surface area contributed by atoms with E-state index in [1.165, 1.54) is 0 Å². The van der Waals surface area contributed by atoms with Crippen LogP contribution < -0.4 is 10.6 Å². The van der Waals surface area contributed by atoms with Crippen LogP contribution >= 0.6 is 23.2 Å². The summed E-state index contributed by atoms with van der Waals surface area (Å²) in [7, 11) is 0. The van der Waals surface area contributed by atoms with E-state index in [0.29, 0.717) is 21.7 Å². The minimum Gasteiger partial charge on any atom is -0.394 e. The molecule has 1 rings (SSSR count). The second-order valence-electron chi connectivity index (χ2n) is 3.41. The van der Waals surface area contributed by atoms with Gasteiger partial charge in [-0.1, -0.05) is 23.2 Å². The van der Waals surface area contributed by atoms with E-state index in [2.05, 4.69) is 15.6 Å². The molecule has 0 aromatic carbocycles. The molecule has 0 aliphatic rings. The van der Waals surface area contributed by atoms with Crippen LogP contribution in [0.25, 0.3) is 0 Å². The number of nitrogens with zero attached hydrogens (tertiary/aromatic N) is 1. The van der Waals surface area contributed by atoms with Crippen LogP contribution in [0, 0.1) is 0 Å². The van der Waals surface area contributed by atoms with Gasteiger partial charge in [0, 0.05) is 12.6 Å². The van der Waals surface area contributed by atoms with Crippen molar-refractivity contribution in [2.75, 3.05) is 23.8 Å². The number of halogens is 2. The molecule has 0 fully saturated rings. The maximum atomic E-state index is 8.94. The summed E-state index contributed by atoms with van der Waals surface area (Å²) >= 11 is 11.9. The topological polar surface area (TPSA) is 57.2 Å². The van der Waals surface area contributed by atoms with E-state index in [4.69, 9.17) is 28.3 Å². The summed E-state index contributed by atoms with van der Waals surface area (Å²) in [6.45, 7) is 4.52. The molecule has 16 heavy (non-hydrogen) atoms. The van der Waals surface area contributed by atoms with Crippen LogP contribution in [0.15, 0.2) is 6.07 Å². The van der Waals surface area contributed by atoms with Crippen LogP contribution in [0.1, 0.15) is 13.8 Å². The van der Waals surface area contributed by atoms with Crippen LogP contribution in [-0.2, 0) is 0 Å². The van der Waals surface area contributed by atoms with E-state index in [1.54, 1.807) is 6.07 Å². The number of aliphatic hydroxyl groups excluding tert-OH is 1. The van der Waals surface area contributed by atoms with Crippen LogP contribution in [0.3, 0.4) is 0 Å². The summed E-state index contributed by atoms with van der Waals surface area (Å²) in [6.07, 6.45) is 0. The Labute approximate surface area is 105 Å². The number of pyridine rings is 1. The van der Waals surface area contributed by atoms with E-state index in [-0.39, 0.29) is 12.6 Å². The van der Waals surface area contributed by atoms with Crippen molar-refractivity contribution in [1.29, 1.82) is 0 Å². The molecule has 0 saturated heterocycles. The minimum absolute atomic E-state index is 0.0111. The van der Waals surface area contributed by atoms with Crippen molar-refractivity contribution in [3.63, 3.8) is 0 Å². The summed E-state index contributed by atoms with van der Waals surface area (Å²) < 4.78 is 0. The lowest BCUT2D eigenvalue weighted by atomic mass is 10.3. The van der Waals surface area contributed by atoms with Crippen molar-refractivity contribution in [2.45, 2.75) is 19.9 Å². The highest BCUT2D eigenvalue weighted by atomic mass is 35.5. The lowest BCUT2D eigenvalue weighted by molar-refractivity contribution is 0.281. The molecule has 0 aliphatic carbocycles. The Morgan fingerprint density at radius 3 is 2.56 bits per heavy atom. The first-order chi connectivity index (χ1) is 7.58. The van der Waals surface area contributed by atoms with Gasteiger partial charge in [0.15, 0.2) is 0 Å². The minimum atomic E-state index is -0.111. The number of anilines is 2. The molecule has 0 aliphatic heterocycles. The highest BCUT2D eigenvalue weighted by Gasteiger charge is 2.10. The van der Waals surface area contributed by atoms with E-state index < -0.39 is 0 Å². The monoisotopic (exact) mass is 263 g/mol. The van der Waals surface area contributed by atoms with Gasteiger partial charge in [0.2, 0.25) is 0 Å². The van der Waals surface area contributed by atoms with Crippen molar-refractivity contribution in [1.82, 2.24) is 4.98 Å². The van der Waals surface area contributed by atoms with Crippen molar-refractivity contribution in [3.05, 3.63) is 16.1 Å². The molecule has 0 spiro atoms. The first-order valence-corrected chi connectivity index (χ1v) is 5.81. The summed E-state index contributed by atoms with van der Waals surface area (Å²) in [4.78, 5) is 4.25. The normalized spacial score (nSPS) is 12.3. The predicted octanol–water partition coefficient (Wildman–Crippen LogP) is 2.61. The lowest BCUT2D eigenvalue weighted by Gasteiger charge is -2.15. The maximum Gasteiger partial charge on any atom is 0.147 e. The zero-order valence-electron chi connectivity index (χ0n) is 9.22.